The first-order chi connectivity index (χ1) is 8.97. The van der Waals surface area contributed by atoms with Crippen molar-refractivity contribution in [3.05, 3.63) is 50.0 Å². The summed E-state index contributed by atoms with van der Waals surface area (Å²) in [4.78, 5) is 13.7. The molecular weight excluding hydrogens is 276 g/mol. The summed E-state index contributed by atoms with van der Waals surface area (Å²) in [6, 6.07) is 1.36. The normalized spacial score (nSPS) is 10.5. The zero-order valence-corrected chi connectivity index (χ0v) is 10.6. The Morgan fingerprint density at radius 3 is 2.53 bits per heavy atom. The van der Waals surface area contributed by atoms with Gasteiger partial charge in [0.05, 0.1) is 34.3 Å². The van der Waals surface area contributed by atoms with Crippen LogP contribution in [-0.4, -0.2) is 9.91 Å². The van der Waals surface area contributed by atoms with E-state index in [9.17, 15) is 18.9 Å². The van der Waals surface area contributed by atoms with Crippen LogP contribution < -0.4 is 5.32 Å². The highest BCUT2D eigenvalue weighted by molar-refractivity contribution is 7.09. The van der Waals surface area contributed by atoms with Crippen LogP contribution in [0.25, 0.3) is 0 Å². The van der Waals surface area contributed by atoms with E-state index in [4.69, 9.17) is 0 Å². The van der Waals surface area contributed by atoms with E-state index in [-0.39, 0.29) is 6.54 Å². The van der Waals surface area contributed by atoms with Crippen LogP contribution in [0.4, 0.5) is 20.2 Å². The van der Waals surface area contributed by atoms with Crippen LogP contribution in [0.5, 0.6) is 0 Å². The summed E-state index contributed by atoms with van der Waals surface area (Å²) in [5, 5.41) is 15.6. The van der Waals surface area contributed by atoms with E-state index in [1.807, 2.05) is 6.92 Å². The molecular formula is C11H9F2N3O2S. The SMILES string of the molecule is Cc1nc(CNc2c(F)cc([N+](=O)[O-])cc2F)cs1. The number of nitro benzene ring substituents is 1. The number of aryl methyl sites for hydroxylation is 1. The Morgan fingerprint density at radius 1 is 1.42 bits per heavy atom. The molecule has 0 fully saturated rings. The van der Waals surface area contributed by atoms with Crippen LogP contribution in [-0.2, 0) is 6.54 Å². The summed E-state index contributed by atoms with van der Waals surface area (Å²) in [6.07, 6.45) is 0. The van der Waals surface area contributed by atoms with Crippen molar-refractivity contribution in [2.45, 2.75) is 13.5 Å². The molecule has 1 heterocycles. The monoisotopic (exact) mass is 285 g/mol. The Morgan fingerprint density at radius 2 is 2.05 bits per heavy atom. The minimum absolute atomic E-state index is 0.149. The Bertz CT molecular complexity index is 607. The van der Waals surface area contributed by atoms with Gasteiger partial charge in [-0.05, 0) is 6.92 Å². The zero-order valence-electron chi connectivity index (χ0n) is 9.81. The lowest BCUT2D eigenvalue weighted by Gasteiger charge is -2.07. The average molecular weight is 285 g/mol. The van der Waals surface area contributed by atoms with Crippen molar-refractivity contribution in [1.29, 1.82) is 0 Å². The predicted molar refractivity (Wildman–Crippen MR) is 67.2 cm³/mol. The number of hydrogen-bond acceptors (Lipinski definition) is 5. The van der Waals surface area contributed by atoms with Gasteiger partial charge in [-0.25, -0.2) is 13.8 Å². The van der Waals surface area contributed by atoms with Crippen LogP contribution in [0, 0.1) is 28.7 Å². The molecule has 0 amide bonds. The fourth-order valence-corrected chi connectivity index (χ4v) is 2.12. The van der Waals surface area contributed by atoms with Crippen molar-refractivity contribution in [2.24, 2.45) is 0 Å². The molecule has 0 radical (unpaired) electrons. The summed E-state index contributed by atoms with van der Waals surface area (Å²) in [5.74, 6) is -2.00. The van der Waals surface area contributed by atoms with Gasteiger partial charge in [-0.3, -0.25) is 10.1 Å². The minimum atomic E-state index is -1.00. The van der Waals surface area contributed by atoms with Gasteiger partial charge in [-0.1, -0.05) is 0 Å². The quantitative estimate of drug-likeness (QED) is 0.691. The lowest BCUT2D eigenvalue weighted by molar-refractivity contribution is -0.385. The van der Waals surface area contributed by atoms with E-state index in [0.717, 1.165) is 5.01 Å². The zero-order chi connectivity index (χ0) is 14.0. The highest BCUT2D eigenvalue weighted by Crippen LogP contribution is 2.25. The molecule has 0 aliphatic carbocycles. The topological polar surface area (TPSA) is 68.1 Å². The highest BCUT2D eigenvalue weighted by Gasteiger charge is 2.16. The standard InChI is InChI=1S/C11H9F2N3O2S/c1-6-15-7(5-19-6)4-14-11-9(12)2-8(16(17)18)3-10(11)13/h2-3,5,14H,4H2,1H3. The Hall–Kier alpha value is -2.09. The minimum Gasteiger partial charge on any atom is -0.375 e. The third kappa shape index (κ3) is 3.02. The number of nitro groups is 1. The van der Waals surface area contributed by atoms with Crippen molar-refractivity contribution in [3.8, 4) is 0 Å². The van der Waals surface area contributed by atoms with Crippen molar-refractivity contribution >= 4 is 22.7 Å². The van der Waals surface area contributed by atoms with Gasteiger partial charge in [-0.15, -0.1) is 11.3 Å². The molecule has 0 bridgehead atoms. The first kappa shape index (κ1) is 13.3. The average Bonchev–Trinajstić information content (AvgIpc) is 2.73. The second kappa shape index (κ2) is 5.27. The number of benzene rings is 1. The molecule has 8 heteroatoms. The van der Waals surface area contributed by atoms with Gasteiger partial charge in [0.15, 0.2) is 11.6 Å². The largest absolute Gasteiger partial charge is 0.375 e. The molecule has 1 aromatic heterocycles. The molecule has 1 aromatic carbocycles. The number of nitrogens with zero attached hydrogens (tertiary/aromatic N) is 2. The molecule has 2 rings (SSSR count). The number of thiazole rings is 1. The Kier molecular flexibility index (Phi) is 3.70. The van der Waals surface area contributed by atoms with Crippen molar-refractivity contribution < 1.29 is 13.7 Å². The predicted octanol–water partition coefficient (Wildman–Crippen LogP) is 3.25. The number of non-ortho nitro benzene ring substituents is 1. The van der Waals surface area contributed by atoms with E-state index >= 15 is 0 Å². The Balaban J connectivity index is 2.18. The van der Waals surface area contributed by atoms with E-state index < -0.39 is 27.9 Å². The van der Waals surface area contributed by atoms with Gasteiger partial charge in [0, 0.05) is 5.38 Å². The van der Waals surface area contributed by atoms with Gasteiger partial charge in [-0.2, -0.15) is 0 Å². The van der Waals surface area contributed by atoms with Gasteiger partial charge in [0.2, 0.25) is 0 Å². The molecule has 2 aromatic rings. The fraction of sp³-hybridized carbons (Fsp3) is 0.182. The number of halogens is 2. The summed E-state index contributed by atoms with van der Waals surface area (Å²) in [7, 11) is 0. The number of nitrogens with one attached hydrogen (secondary N) is 1. The van der Waals surface area contributed by atoms with Gasteiger partial charge in [0.1, 0.15) is 5.69 Å². The van der Waals surface area contributed by atoms with Gasteiger partial charge >= 0.3 is 0 Å². The maximum atomic E-state index is 13.6. The second-order valence-corrected chi connectivity index (χ2v) is 4.82. The molecule has 100 valence electrons. The number of aromatic nitrogens is 1. The van der Waals surface area contributed by atoms with E-state index in [2.05, 4.69) is 10.3 Å². The smallest absolute Gasteiger partial charge is 0.275 e. The summed E-state index contributed by atoms with van der Waals surface area (Å²) in [5.41, 5.74) is -0.360. The van der Waals surface area contributed by atoms with Crippen LogP contribution >= 0.6 is 11.3 Å². The highest BCUT2D eigenvalue weighted by atomic mass is 32.1. The molecule has 0 spiro atoms. The second-order valence-electron chi connectivity index (χ2n) is 3.75. The van der Waals surface area contributed by atoms with E-state index in [0.29, 0.717) is 17.8 Å². The van der Waals surface area contributed by atoms with Crippen LogP contribution in [0.15, 0.2) is 17.5 Å². The first-order valence-corrected chi connectivity index (χ1v) is 6.13. The lowest BCUT2D eigenvalue weighted by Crippen LogP contribution is -2.05. The summed E-state index contributed by atoms with van der Waals surface area (Å²) >= 11 is 1.43. The molecule has 0 aliphatic heterocycles. The van der Waals surface area contributed by atoms with Crippen LogP contribution in [0.1, 0.15) is 10.7 Å². The molecule has 19 heavy (non-hydrogen) atoms. The van der Waals surface area contributed by atoms with Crippen molar-refractivity contribution in [1.82, 2.24) is 4.98 Å². The number of rotatable bonds is 4. The first-order valence-electron chi connectivity index (χ1n) is 5.25. The molecule has 0 saturated heterocycles. The number of anilines is 1. The van der Waals surface area contributed by atoms with E-state index in [1.165, 1.54) is 11.3 Å². The maximum Gasteiger partial charge on any atom is 0.275 e. The fourth-order valence-electron chi connectivity index (χ4n) is 1.50. The molecule has 0 saturated carbocycles. The molecule has 0 atom stereocenters. The third-order valence-corrected chi connectivity index (χ3v) is 3.17. The third-order valence-electron chi connectivity index (χ3n) is 2.35. The van der Waals surface area contributed by atoms with Crippen LogP contribution in [0.3, 0.4) is 0 Å². The van der Waals surface area contributed by atoms with Gasteiger partial charge in [0.25, 0.3) is 5.69 Å². The van der Waals surface area contributed by atoms with E-state index in [1.54, 1.807) is 5.38 Å². The van der Waals surface area contributed by atoms with Crippen LogP contribution in [0.2, 0.25) is 0 Å². The summed E-state index contributed by atoms with van der Waals surface area (Å²) < 4.78 is 27.1. The number of hydrogen-bond donors (Lipinski definition) is 1. The molecule has 1 N–H and O–H groups in total. The molecule has 0 unspecified atom stereocenters. The van der Waals surface area contributed by atoms with Crippen molar-refractivity contribution in [3.63, 3.8) is 0 Å². The lowest BCUT2D eigenvalue weighted by atomic mass is 10.2. The van der Waals surface area contributed by atoms with Crippen molar-refractivity contribution in [2.75, 3.05) is 5.32 Å². The molecule has 0 aliphatic rings. The molecule has 5 nitrogen and oxygen atoms in total. The summed E-state index contributed by atoms with van der Waals surface area (Å²) in [6.45, 7) is 1.97. The van der Waals surface area contributed by atoms with Gasteiger partial charge < -0.3 is 5.32 Å². The Labute approximate surface area is 111 Å². The maximum absolute atomic E-state index is 13.6.